The molecule has 0 saturated heterocycles. The minimum absolute atomic E-state index is 0.00861. The van der Waals surface area contributed by atoms with E-state index in [2.05, 4.69) is 6.58 Å². The van der Waals surface area contributed by atoms with Gasteiger partial charge in [-0.25, -0.2) is 0 Å². The van der Waals surface area contributed by atoms with Crippen LogP contribution in [0.1, 0.15) is 26.7 Å². The molecule has 0 bridgehead atoms. The maximum absolute atomic E-state index is 11.4. The van der Waals surface area contributed by atoms with E-state index in [4.69, 9.17) is 4.74 Å². The van der Waals surface area contributed by atoms with E-state index < -0.39 is 5.92 Å². The van der Waals surface area contributed by atoms with Gasteiger partial charge >= 0.3 is 5.97 Å². The first-order chi connectivity index (χ1) is 6.02. The Morgan fingerprint density at radius 1 is 1.62 bits per heavy atom. The first kappa shape index (κ1) is 9.96. The number of carbonyl (C=O) groups excluding carboxylic acids is 2. The second-order valence-corrected chi connectivity index (χ2v) is 3.53. The molecule has 0 aromatic carbocycles. The van der Waals surface area contributed by atoms with Crippen LogP contribution < -0.4 is 0 Å². The van der Waals surface area contributed by atoms with Gasteiger partial charge in [-0.1, -0.05) is 6.58 Å². The lowest BCUT2D eigenvalue weighted by Crippen LogP contribution is -2.20. The Bertz CT molecular complexity index is 253. The van der Waals surface area contributed by atoms with Crippen LogP contribution in [0.2, 0.25) is 0 Å². The van der Waals surface area contributed by atoms with E-state index in [9.17, 15) is 9.59 Å². The SMILES string of the molecule is C=C1C(=O)CCC1C(=O)OC(C)C. The van der Waals surface area contributed by atoms with Crippen LogP contribution >= 0.6 is 0 Å². The Hall–Kier alpha value is -1.12. The van der Waals surface area contributed by atoms with Crippen molar-refractivity contribution in [2.45, 2.75) is 32.8 Å². The Labute approximate surface area is 77.8 Å². The summed E-state index contributed by atoms with van der Waals surface area (Å²) in [6, 6.07) is 0. The fraction of sp³-hybridized carbons (Fsp3) is 0.600. The minimum atomic E-state index is -0.394. The molecule has 1 fully saturated rings. The molecule has 0 N–H and O–H groups in total. The Kier molecular flexibility index (Phi) is 2.86. The van der Waals surface area contributed by atoms with Crippen molar-refractivity contribution >= 4 is 11.8 Å². The average Bonchev–Trinajstić information content (AvgIpc) is 2.31. The van der Waals surface area contributed by atoms with Gasteiger partial charge in [0.1, 0.15) is 0 Å². The van der Waals surface area contributed by atoms with Crippen LogP contribution in [0, 0.1) is 5.92 Å². The van der Waals surface area contributed by atoms with Gasteiger partial charge in [0.15, 0.2) is 5.78 Å². The highest BCUT2D eigenvalue weighted by atomic mass is 16.5. The molecule has 1 atom stereocenters. The maximum atomic E-state index is 11.4. The van der Waals surface area contributed by atoms with E-state index in [0.717, 1.165) is 0 Å². The molecule has 1 saturated carbocycles. The first-order valence-corrected chi connectivity index (χ1v) is 4.45. The Morgan fingerprint density at radius 3 is 2.62 bits per heavy atom. The van der Waals surface area contributed by atoms with Crippen molar-refractivity contribution in [3.63, 3.8) is 0 Å². The van der Waals surface area contributed by atoms with Crippen molar-refractivity contribution in [2.24, 2.45) is 5.92 Å². The molecule has 1 rings (SSSR count). The summed E-state index contributed by atoms with van der Waals surface area (Å²) in [5.74, 6) is -0.716. The Morgan fingerprint density at radius 2 is 2.23 bits per heavy atom. The summed E-state index contributed by atoms with van der Waals surface area (Å²) in [7, 11) is 0. The van der Waals surface area contributed by atoms with Crippen molar-refractivity contribution in [2.75, 3.05) is 0 Å². The monoisotopic (exact) mass is 182 g/mol. The van der Waals surface area contributed by atoms with Crippen molar-refractivity contribution < 1.29 is 14.3 Å². The number of ether oxygens (including phenoxy) is 1. The van der Waals surface area contributed by atoms with Gasteiger partial charge < -0.3 is 4.74 Å². The minimum Gasteiger partial charge on any atom is -0.463 e. The standard InChI is InChI=1S/C10H14O3/c1-6(2)13-10(12)8-4-5-9(11)7(8)3/h6,8H,3-5H2,1-2H3. The lowest BCUT2D eigenvalue weighted by molar-refractivity contribution is -0.150. The predicted molar refractivity (Wildman–Crippen MR) is 48.1 cm³/mol. The fourth-order valence-electron chi connectivity index (χ4n) is 1.38. The summed E-state index contributed by atoms with van der Waals surface area (Å²) in [5.41, 5.74) is 0.408. The van der Waals surface area contributed by atoms with Gasteiger partial charge in [0, 0.05) is 12.0 Å². The summed E-state index contributed by atoms with van der Waals surface area (Å²) in [6.07, 6.45) is 0.857. The summed E-state index contributed by atoms with van der Waals surface area (Å²) >= 11 is 0. The highest BCUT2D eigenvalue weighted by Crippen LogP contribution is 2.27. The quantitative estimate of drug-likeness (QED) is 0.480. The normalized spacial score (nSPS) is 22.5. The third kappa shape index (κ3) is 2.17. The van der Waals surface area contributed by atoms with E-state index in [1.807, 2.05) is 0 Å². The van der Waals surface area contributed by atoms with Gasteiger partial charge in [-0.15, -0.1) is 0 Å². The van der Waals surface area contributed by atoms with Crippen LogP contribution in [-0.4, -0.2) is 17.9 Å². The number of carbonyl (C=O) groups is 2. The van der Waals surface area contributed by atoms with Crippen molar-refractivity contribution in [1.82, 2.24) is 0 Å². The second kappa shape index (κ2) is 3.73. The molecule has 0 aliphatic heterocycles. The highest BCUT2D eigenvalue weighted by Gasteiger charge is 2.33. The summed E-state index contributed by atoms with van der Waals surface area (Å²) in [5, 5.41) is 0. The van der Waals surface area contributed by atoms with Gasteiger partial charge in [-0.05, 0) is 20.3 Å². The van der Waals surface area contributed by atoms with E-state index in [1.165, 1.54) is 0 Å². The molecule has 72 valence electrons. The molecule has 0 amide bonds. The van der Waals surface area contributed by atoms with Gasteiger partial charge in [0.25, 0.3) is 0 Å². The number of Topliss-reactive ketones (excluding diaryl/α,β-unsaturated/α-hetero) is 1. The highest BCUT2D eigenvalue weighted by molar-refractivity contribution is 6.02. The van der Waals surface area contributed by atoms with Gasteiger partial charge in [0.2, 0.25) is 0 Å². The number of esters is 1. The van der Waals surface area contributed by atoms with Crippen molar-refractivity contribution in [3.05, 3.63) is 12.2 Å². The largest absolute Gasteiger partial charge is 0.463 e. The van der Waals surface area contributed by atoms with Crippen LogP contribution in [0.15, 0.2) is 12.2 Å². The third-order valence-electron chi connectivity index (χ3n) is 2.08. The molecule has 0 spiro atoms. The zero-order valence-electron chi connectivity index (χ0n) is 8.00. The molecular formula is C10H14O3. The zero-order chi connectivity index (χ0) is 10.0. The van der Waals surface area contributed by atoms with Crippen molar-refractivity contribution in [1.29, 1.82) is 0 Å². The van der Waals surface area contributed by atoms with Crippen LogP contribution in [0.3, 0.4) is 0 Å². The maximum Gasteiger partial charge on any atom is 0.313 e. The van der Waals surface area contributed by atoms with Crippen molar-refractivity contribution in [3.8, 4) is 0 Å². The lowest BCUT2D eigenvalue weighted by atomic mass is 10.0. The van der Waals surface area contributed by atoms with Crippen LogP contribution in [0.25, 0.3) is 0 Å². The summed E-state index contributed by atoms with van der Waals surface area (Å²) in [4.78, 5) is 22.4. The smallest absolute Gasteiger partial charge is 0.313 e. The number of hydrogen-bond acceptors (Lipinski definition) is 3. The summed E-state index contributed by atoms with van der Waals surface area (Å²) < 4.78 is 5.00. The van der Waals surface area contributed by atoms with Gasteiger partial charge in [-0.2, -0.15) is 0 Å². The van der Waals surface area contributed by atoms with E-state index in [0.29, 0.717) is 18.4 Å². The van der Waals surface area contributed by atoms with Crippen LogP contribution in [0.5, 0.6) is 0 Å². The Balaban J connectivity index is 2.58. The lowest BCUT2D eigenvalue weighted by Gasteiger charge is -2.12. The topological polar surface area (TPSA) is 43.4 Å². The number of rotatable bonds is 2. The van der Waals surface area contributed by atoms with Gasteiger partial charge in [-0.3, -0.25) is 9.59 Å². The molecule has 0 heterocycles. The fourth-order valence-corrected chi connectivity index (χ4v) is 1.38. The predicted octanol–water partition coefficient (Wildman–Crippen LogP) is 1.47. The molecule has 3 nitrogen and oxygen atoms in total. The number of hydrogen-bond donors (Lipinski definition) is 0. The molecule has 1 unspecified atom stereocenters. The third-order valence-corrected chi connectivity index (χ3v) is 2.08. The van der Waals surface area contributed by atoms with Gasteiger partial charge in [0.05, 0.1) is 12.0 Å². The molecule has 3 heteroatoms. The molecule has 1 aliphatic carbocycles. The second-order valence-electron chi connectivity index (χ2n) is 3.53. The molecule has 1 aliphatic rings. The van der Waals surface area contributed by atoms with Crippen LogP contribution in [-0.2, 0) is 14.3 Å². The van der Waals surface area contributed by atoms with E-state index >= 15 is 0 Å². The molecule has 0 aromatic heterocycles. The molecule has 0 radical (unpaired) electrons. The molecule has 0 aromatic rings. The van der Waals surface area contributed by atoms with E-state index in [-0.39, 0.29) is 17.9 Å². The van der Waals surface area contributed by atoms with Crippen LogP contribution in [0.4, 0.5) is 0 Å². The van der Waals surface area contributed by atoms with E-state index in [1.54, 1.807) is 13.8 Å². The average molecular weight is 182 g/mol. The summed E-state index contributed by atoms with van der Waals surface area (Å²) in [6.45, 7) is 7.17. The number of ketones is 1. The zero-order valence-corrected chi connectivity index (χ0v) is 8.00. The molecule has 13 heavy (non-hydrogen) atoms. The molecular weight excluding hydrogens is 168 g/mol. The first-order valence-electron chi connectivity index (χ1n) is 4.45.